The van der Waals surface area contributed by atoms with Gasteiger partial charge in [0.25, 0.3) is 0 Å². The minimum absolute atomic E-state index is 0.0781. The molecule has 0 spiro atoms. The van der Waals surface area contributed by atoms with Crippen LogP contribution in [0, 0.1) is 5.92 Å². The Morgan fingerprint density at radius 3 is 2.74 bits per heavy atom. The summed E-state index contributed by atoms with van der Waals surface area (Å²) in [4.78, 5) is 25.7. The summed E-state index contributed by atoms with van der Waals surface area (Å²) in [6.07, 6.45) is 0.274. The molecule has 2 aromatic rings. The molecule has 11 heteroatoms. The molecule has 31 heavy (non-hydrogen) atoms. The van der Waals surface area contributed by atoms with Crippen LogP contribution in [0.4, 0.5) is 30.6 Å². The average molecular weight is 435 g/mol. The van der Waals surface area contributed by atoms with E-state index in [1.807, 2.05) is 18.9 Å². The predicted molar refractivity (Wildman–Crippen MR) is 108 cm³/mol. The number of hydrogen-bond acceptors (Lipinski definition) is 6. The van der Waals surface area contributed by atoms with Crippen molar-refractivity contribution >= 4 is 23.4 Å². The molecule has 0 saturated heterocycles. The fourth-order valence-electron chi connectivity index (χ4n) is 4.63. The molecule has 2 aromatic heterocycles. The van der Waals surface area contributed by atoms with E-state index in [0.717, 1.165) is 48.9 Å². The maximum atomic E-state index is 12.7. The second-order valence-electron chi connectivity index (χ2n) is 8.65. The molecule has 0 bridgehead atoms. The number of halogens is 3. The molecule has 166 valence electrons. The molecule has 3 aliphatic rings. The van der Waals surface area contributed by atoms with Crippen LogP contribution < -0.4 is 15.1 Å². The first-order valence-corrected chi connectivity index (χ1v) is 10.5. The number of hydrogen-bond donors (Lipinski definition) is 1. The largest absolute Gasteiger partial charge is 0.435 e. The first kappa shape index (κ1) is 20.1. The lowest BCUT2D eigenvalue weighted by Gasteiger charge is -2.42. The molecule has 5 rings (SSSR count). The number of carbonyl (C=O) groups is 1. The van der Waals surface area contributed by atoms with Crippen LogP contribution in [0.1, 0.15) is 37.6 Å². The van der Waals surface area contributed by atoms with Crippen LogP contribution in [-0.2, 0) is 23.9 Å². The molecule has 1 saturated carbocycles. The highest BCUT2D eigenvalue weighted by Crippen LogP contribution is 2.40. The van der Waals surface area contributed by atoms with Crippen LogP contribution in [-0.4, -0.2) is 51.3 Å². The Bertz CT molecular complexity index is 1010. The number of nitrogens with one attached hydrogen (secondary N) is 1. The van der Waals surface area contributed by atoms with Crippen molar-refractivity contribution in [2.75, 3.05) is 28.7 Å². The van der Waals surface area contributed by atoms with Gasteiger partial charge in [0.15, 0.2) is 11.5 Å². The van der Waals surface area contributed by atoms with Crippen molar-refractivity contribution in [2.24, 2.45) is 5.92 Å². The molecule has 0 unspecified atom stereocenters. The third-order valence-corrected chi connectivity index (χ3v) is 6.49. The zero-order chi connectivity index (χ0) is 21.9. The van der Waals surface area contributed by atoms with Crippen LogP contribution in [0.15, 0.2) is 12.3 Å². The lowest BCUT2D eigenvalue weighted by atomic mass is 9.80. The van der Waals surface area contributed by atoms with E-state index >= 15 is 0 Å². The van der Waals surface area contributed by atoms with Crippen LogP contribution in [0.2, 0.25) is 0 Å². The van der Waals surface area contributed by atoms with Crippen molar-refractivity contribution < 1.29 is 18.0 Å². The van der Waals surface area contributed by atoms with Gasteiger partial charge in [-0.2, -0.15) is 23.3 Å². The van der Waals surface area contributed by atoms with Crippen LogP contribution in [0.25, 0.3) is 0 Å². The van der Waals surface area contributed by atoms with Crippen LogP contribution in [0.3, 0.4) is 0 Å². The zero-order valence-corrected chi connectivity index (χ0v) is 17.4. The van der Waals surface area contributed by atoms with E-state index in [9.17, 15) is 18.0 Å². The third-order valence-electron chi connectivity index (χ3n) is 6.49. The van der Waals surface area contributed by atoms with E-state index in [-0.39, 0.29) is 23.9 Å². The number of alkyl halides is 3. The summed E-state index contributed by atoms with van der Waals surface area (Å²) < 4.78 is 39.5. The van der Waals surface area contributed by atoms with Gasteiger partial charge in [-0.15, -0.1) is 0 Å². The summed E-state index contributed by atoms with van der Waals surface area (Å²) in [7, 11) is 1.87. The standard InChI is InChI=1S/C20H24F3N7O/c1-11-18(31)30-6-3-4-14-16(30)17(28(11)2)26-19(25-14)24-13-8-12(9-13)10-29-7-5-15(27-29)20(21,22)23/h5,7,11-13H,3-4,6,8-10H2,1-2H3,(H,24,25,26)/t11-,12-,13-/m0/s1. The molecular weight excluding hydrogens is 411 g/mol. The maximum Gasteiger partial charge on any atom is 0.435 e. The molecular formula is C20H24F3N7O. The lowest BCUT2D eigenvalue weighted by molar-refractivity contribution is -0.141. The highest BCUT2D eigenvalue weighted by atomic mass is 19.4. The molecule has 1 fully saturated rings. The van der Waals surface area contributed by atoms with Crippen molar-refractivity contribution in [1.82, 2.24) is 19.7 Å². The summed E-state index contributed by atoms with van der Waals surface area (Å²) in [5.41, 5.74) is 0.856. The lowest BCUT2D eigenvalue weighted by Crippen LogP contribution is -2.53. The van der Waals surface area contributed by atoms with Crippen molar-refractivity contribution in [2.45, 2.75) is 57.4 Å². The van der Waals surface area contributed by atoms with Gasteiger partial charge >= 0.3 is 6.18 Å². The van der Waals surface area contributed by atoms with Gasteiger partial charge in [-0.1, -0.05) is 0 Å². The van der Waals surface area contributed by atoms with Gasteiger partial charge < -0.3 is 15.1 Å². The highest BCUT2D eigenvalue weighted by Gasteiger charge is 2.39. The van der Waals surface area contributed by atoms with E-state index in [2.05, 4.69) is 15.4 Å². The van der Waals surface area contributed by atoms with Gasteiger partial charge in [0.05, 0.1) is 5.69 Å². The summed E-state index contributed by atoms with van der Waals surface area (Å²) in [5, 5.41) is 7.00. The van der Waals surface area contributed by atoms with E-state index < -0.39 is 11.9 Å². The van der Waals surface area contributed by atoms with Crippen molar-refractivity contribution in [3.05, 3.63) is 23.7 Å². The topological polar surface area (TPSA) is 79.2 Å². The normalized spacial score (nSPS) is 25.3. The molecule has 1 atom stereocenters. The molecule has 1 amide bonds. The van der Waals surface area contributed by atoms with E-state index in [1.54, 1.807) is 4.90 Å². The second-order valence-corrected chi connectivity index (χ2v) is 8.65. The molecule has 0 aromatic carbocycles. The Morgan fingerprint density at radius 1 is 1.26 bits per heavy atom. The number of likely N-dealkylation sites (N-methyl/N-ethyl adjacent to an activating group) is 1. The summed E-state index contributed by atoms with van der Waals surface area (Å²) in [6, 6.07) is 0.900. The molecule has 1 N–H and O–H groups in total. The van der Waals surface area contributed by atoms with Gasteiger partial charge in [0.2, 0.25) is 11.9 Å². The number of aryl methyl sites for hydroxylation is 1. The number of nitrogens with zero attached hydrogens (tertiary/aromatic N) is 6. The average Bonchev–Trinajstić information content (AvgIpc) is 3.17. The van der Waals surface area contributed by atoms with Gasteiger partial charge in [0, 0.05) is 32.4 Å². The van der Waals surface area contributed by atoms with Gasteiger partial charge in [-0.05, 0) is 44.6 Å². The monoisotopic (exact) mass is 435 g/mol. The first-order chi connectivity index (χ1) is 14.7. The zero-order valence-electron chi connectivity index (χ0n) is 17.4. The number of aromatic nitrogens is 4. The fraction of sp³-hybridized carbons (Fsp3) is 0.600. The minimum Gasteiger partial charge on any atom is -0.351 e. The summed E-state index contributed by atoms with van der Waals surface area (Å²) >= 11 is 0. The Hall–Kier alpha value is -2.85. The number of rotatable bonds is 4. The van der Waals surface area contributed by atoms with Crippen molar-refractivity contribution in [3.63, 3.8) is 0 Å². The maximum absolute atomic E-state index is 12.7. The Morgan fingerprint density at radius 2 is 2.03 bits per heavy atom. The third kappa shape index (κ3) is 3.49. The van der Waals surface area contributed by atoms with E-state index in [1.165, 1.54) is 10.9 Å². The summed E-state index contributed by atoms with van der Waals surface area (Å²) in [5.74, 6) is 1.65. The SMILES string of the molecule is C[C@H]1C(=O)N2CCCc3nc(N[C@H]4C[C@H](Cn5ccc(C(F)(F)F)n5)C4)nc(c32)N1C. The first-order valence-electron chi connectivity index (χ1n) is 10.5. The van der Waals surface area contributed by atoms with Gasteiger partial charge in [-0.25, -0.2) is 4.98 Å². The van der Waals surface area contributed by atoms with Crippen LogP contribution in [0.5, 0.6) is 0 Å². The number of amides is 1. The molecule has 0 radical (unpaired) electrons. The Kier molecular flexibility index (Phi) is 4.60. The van der Waals surface area contributed by atoms with E-state index in [4.69, 9.17) is 4.98 Å². The highest BCUT2D eigenvalue weighted by molar-refractivity contribution is 6.05. The predicted octanol–water partition coefficient (Wildman–Crippen LogP) is 2.70. The quantitative estimate of drug-likeness (QED) is 0.796. The van der Waals surface area contributed by atoms with Gasteiger partial charge in [0.1, 0.15) is 11.7 Å². The van der Waals surface area contributed by atoms with E-state index in [0.29, 0.717) is 19.0 Å². The molecule has 1 aliphatic carbocycles. The number of anilines is 3. The Labute approximate surface area is 177 Å². The fourth-order valence-corrected chi connectivity index (χ4v) is 4.63. The number of carbonyl (C=O) groups excluding carboxylic acids is 1. The smallest absolute Gasteiger partial charge is 0.351 e. The van der Waals surface area contributed by atoms with Crippen molar-refractivity contribution in [3.8, 4) is 0 Å². The van der Waals surface area contributed by atoms with Gasteiger partial charge in [-0.3, -0.25) is 9.48 Å². The molecule has 2 aliphatic heterocycles. The van der Waals surface area contributed by atoms with Crippen molar-refractivity contribution in [1.29, 1.82) is 0 Å². The Balaban J connectivity index is 1.25. The second kappa shape index (κ2) is 7.10. The molecule has 4 heterocycles. The molecule has 8 nitrogen and oxygen atoms in total. The minimum atomic E-state index is -4.41. The van der Waals surface area contributed by atoms with Crippen LogP contribution >= 0.6 is 0 Å². The summed E-state index contributed by atoms with van der Waals surface area (Å²) in [6.45, 7) is 3.04.